The minimum absolute atomic E-state index is 0.0569. The largest absolute Gasteiger partial charge is 0.508 e. The van der Waals surface area contributed by atoms with Crippen LogP contribution < -0.4 is 114 Å². The van der Waals surface area contributed by atoms with E-state index in [2.05, 4.69) is 115 Å². The number of carboxylic acid groups (broad SMARTS) is 4. The number of guanidine groups is 1. The Morgan fingerprint density at radius 3 is 1.18 bits per heavy atom. The molecule has 0 fully saturated rings. The van der Waals surface area contributed by atoms with Crippen LogP contribution in [0.4, 0.5) is 0 Å². The van der Waals surface area contributed by atoms with Gasteiger partial charge in [0, 0.05) is 93.6 Å². The average Bonchev–Trinajstić information content (AvgIpc) is 1.12. The fourth-order valence-electron chi connectivity index (χ4n) is 13.4. The number of H-pyrrole nitrogens is 3. The molecule has 0 saturated heterocycles. The fourth-order valence-corrected chi connectivity index (χ4v) is 13.4. The highest BCUT2D eigenvalue weighted by molar-refractivity contribution is 6.02. The first-order valence-electron chi connectivity index (χ1n) is 43.7. The zero-order valence-corrected chi connectivity index (χ0v) is 75.9. The monoisotopic (exact) mass is 1950 g/mol. The molecule has 0 spiro atoms. The van der Waals surface area contributed by atoms with Crippen molar-refractivity contribution in [3.8, 4) is 5.75 Å². The first-order chi connectivity index (χ1) is 65.8. The number of benzene rings is 2. The van der Waals surface area contributed by atoms with Crippen molar-refractivity contribution < 1.29 is 131 Å². The molecule has 0 bridgehead atoms. The van der Waals surface area contributed by atoms with Crippen LogP contribution in [0.3, 0.4) is 0 Å². The molecule has 139 heavy (non-hydrogen) atoms. The number of primary amides is 2. The van der Waals surface area contributed by atoms with E-state index in [0.29, 0.717) is 18.4 Å². The molecule has 3 aromatic heterocycles. The van der Waals surface area contributed by atoms with Gasteiger partial charge in [0.05, 0.1) is 51.0 Å². The summed E-state index contributed by atoms with van der Waals surface area (Å²) in [6, 6.07) is -13.0. The van der Waals surface area contributed by atoms with E-state index in [1.807, 2.05) is 0 Å². The van der Waals surface area contributed by atoms with Gasteiger partial charge in [0.25, 0.3) is 0 Å². The maximum absolute atomic E-state index is 14.8. The number of aromatic nitrogens is 6. The zero-order valence-electron chi connectivity index (χ0n) is 75.9. The summed E-state index contributed by atoms with van der Waals surface area (Å²) in [7, 11) is 0. The first-order valence-corrected chi connectivity index (χ1v) is 43.7. The van der Waals surface area contributed by atoms with Crippen LogP contribution in [0.1, 0.15) is 132 Å². The molecular weight excluding hydrogens is 1830 g/mol. The first kappa shape index (κ1) is 113. The lowest BCUT2D eigenvalue weighted by molar-refractivity contribution is -0.143. The van der Waals surface area contributed by atoms with Gasteiger partial charge in [0.2, 0.25) is 100 Å². The highest BCUT2D eigenvalue weighted by atomic mass is 16.4. The van der Waals surface area contributed by atoms with Crippen LogP contribution >= 0.6 is 0 Å². The van der Waals surface area contributed by atoms with Crippen molar-refractivity contribution in [2.45, 2.75) is 227 Å². The van der Waals surface area contributed by atoms with Gasteiger partial charge >= 0.3 is 23.9 Å². The maximum Gasteiger partial charge on any atom is 0.326 e. The Kier molecular flexibility index (Phi) is 47.5. The Hall–Kier alpha value is -16.1. The lowest BCUT2D eigenvalue weighted by Crippen LogP contribution is -2.61. The molecule has 3 heterocycles. The number of carbonyl (C=O) groups excluding carboxylic acids is 17. The SMILES string of the molecule is CC(C)[C@H](NC(=O)[C@H](CCC(N)=O)NC(=O)[C@H](Cc1ccc(O)cc1)NC(=O)CNC(=O)[C@H](CO)NC(=O)[C@H](CC(=O)O)NC(=O)[C@H](Cc1cnc[nH]1)NC(=O)[C@H](CCCNC(=N)N)NC(=O)[C@H](Cc1ccccc1)NC(=O)[C@H](CCC(=O)O)NC(=O)[C@H](C)NC(=O)[C@@H](N)CC(=O)O)C(=O)N[C@@H](Cc1cnc[nH]1)C(=O)N[C@@H](Cc1cnc[nH]1)C(=O)N[C@@H](CCC(N)=O)C(=O)N[C@@H](CCCCN)C(=O)O. The summed E-state index contributed by atoms with van der Waals surface area (Å²) < 4.78 is 0. The number of nitrogens with two attached hydrogens (primary N) is 5. The third kappa shape index (κ3) is 41.7. The zero-order chi connectivity index (χ0) is 103. The number of nitrogens with zero attached hydrogens (tertiary/aromatic N) is 3. The van der Waals surface area contributed by atoms with Gasteiger partial charge in [-0.1, -0.05) is 56.3 Å². The Bertz CT molecular complexity index is 5030. The van der Waals surface area contributed by atoms with Gasteiger partial charge in [-0.2, -0.15) is 0 Å². The van der Waals surface area contributed by atoms with Crippen LogP contribution in [-0.4, -0.2) is 308 Å². The molecular formula is C84H120N28O27. The summed E-state index contributed by atoms with van der Waals surface area (Å²) in [6.45, 7) is 1.80. The standard InChI is InChI=1S/C84H120N28O27/c1-41(2)68(82(137)110-59(30-47-35-93-40-98-47)80(135)108-57(28-45-33-91-38-96-45)78(133)103-51(18-21-62(87)115)73(128)105-54(83(138)139)12-7-8-24-85)112-75(130)52(19-22-63(88)116)104-76(131)55(27-44-14-16-48(114)17-15-44)100-64(117)36-95-71(126)61(37-113)111-81(136)60(32-67(122)123)109-79(134)58(29-46-34-92-39-97-46)107-72(127)50(13-9-25-94-84(89)90)102-77(132)56(26-43-10-5-4-6-11-43)106-74(129)53(20-23-65(118)119)101-69(124)42(3)99-70(125)49(86)31-66(120)121/h4-6,10-11,14-17,33-35,38-42,49-61,68,113-114H,7-9,12-13,18-32,36-37,85-86H2,1-3H3,(H2,87,115)(H2,88,116)(H,91,96)(H,92,97)(H,93,98)(H,95,126)(H,99,125)(H,100,117)(H,101,124)(H,102,132)(H,103,133)(H,104,131)(H,105,128)(H,106,129)(H,107,127)(H,108,135)(H,109,134)(H,110,137)(H,111,136)(H,112,130)(H,118,119)(H,120,121)(H,122,123)(H,138,139)(H4,89,90,94)/t42-,49-,50-,51-,52-,53-,54-,55-,56-,57-,58-,59-,60-,61-,68-/m0/s1. The molecule has 17 amide bonds. The van der Waals surface area contributed by atoms with E-state index >= 15 is 0 Å². The molecule has 55 nitrogen and oxygen atoms in total. The van der Waals surface area contributed by atoms with Gasteiger partial charge in [-0.3, -0.25) is 101 Å². The number of carboxylic acids is 4. The second-order valence-electron chi connectivity index (χ2n) is 32.4. The topological polar surface area (TPSA) is 912 Å². The van der Waals surface area contributed by atoms with Gasteiger partial charge < -0.3 is 159 Å². The van der Waals surface area contributed by atoms with Crippen LogP contribution in [0.15, 0.2) is 92.2 Å². The van der Waals surface area contributed by atoms with Gasteiger partial charge in [0.1, 0.15) is 90.3 Å². The molecule has 55 heteroatoms. The van der Waals surface area contributed by atoms with Crippen LogP contribution in [0.5, 0.6) is 5.75 Å². The van der Waals surface area contributed by atoms with Crippen molar-refractivity contribution in [3.05, 3.63) is 120 Å². The molecule has 15 atom stereocenters. The number of carbonyl (C=O) groups is 21. The number of amides is 17. The predicted octanol–water partition coefficient (Wildman–Crippen LogP) is -10.2. The van der Waals surface area contributed by atoms with Gasteiger partial charge in [-0.15, -0.1) is 0 Å². The number of aromatic hydroxyl groups is 1. The van der Waals surface area contributed by atoms with E-state index < -0.39 is 304 Å². The van der Waals surface area contributed by atoms with Crippen molar-refractivity contribution in [1.29, 1.82) is 5.41 Å². The summed E-state index contributed by atoms with van der Waals surface area (Å²) in [5.41, 5.74) is 28.9. The number of imidazole rings is 3. The van der Waals surface area contributed by atoms with Crippen LogP contribution in [-0.2, 0) is 133 Å². The Morgan fingerprint density at radius 2 is 0.763 bits per heavy atom. The van der Waals surface area contributed by atoms with Crippen molar-refractivity contribution in [2.75, 3.05) is 26.2 Å². The molecule has 0 unspecified atom stereocenters. The van der Waals surface area contributed by atoms with Gasteiger partial charge in [0.15, 0.2) is 5.96 Å². The fraction of sp³-hybridized carbons (Fsp3) is 0.488. The van der Waals surface area contributed by atoms with Crippen LogP contribution in [0.2, 0.25) is 0 Å². The number of phenols is 1. The Balaban J connectivity index is 1.36. The van der Waals surface area contributed by atoms with E-state index in [9.17, 15) is 126 Å². The molecule has 0 aliphatic carbocycles. The normalized spacial score (nSPS) is 14.2. The highest BCUT2D eigenvalue weighted by Crippen LogP contribution is 2.17. The quantitative estimate of drug-likeness (QED) is 0.00976. The smallest absolute Gasteiger partial charge is 0.326 e. The van der Waals surface area contributed by atoms with Crippen LogP contribution in [0.25, 0.3) is 0 Å². The number of nitrogens with one attached hydrogen (secondary N) is 20. The average molecular weight is 1950 g/mol. The molecule has 5 rings (SSSR count). The number of phenolic OH excluding ortho intramolecular Hbond substituents is 1. The summed E-state index contributed by atoms with van der Waals surface area (Å²) >= 11 is 0. The number of hydrogen-bond acceptors (Lipinski definition) is 29. The minimum Gasteiger partial charge on any atom is -0.508 e. The molecule has 0 radical (unpaired) electrons. The number of hydrogen-bond donors (Lipinski definition) is 31. The van der Waals surface area contributed by atoms with Crippen molar-refractivity contribution in [3.63, 3.8) is 0 Å². The number of aliphatic carboxylic acids is 4. The second-order valence-corrected chi connectivity index (χ2v) is 32.4. The van der Waals surface area contributed by atoms with Crippen molar-refractivity contribution in [1.82, 2.24) is 115 Å². The van der Waals surface area contributed by atoms with Gasteiger partial charge in [-0.05, 0) is 94.0 Å². The third-order valence-electron chi connectivity index (χ3n) is 20.8. The second kappa shape index (κ2) is 58.2. The van der Waals surface area contributed by atoms with Crippen molar-refractivity contribution >= 4 is 130 Å². The molecule has 0 saturated carbocycles. The number of aromatic amines is 3. The predicted molar refractivity (Wildman–Crippen MR) is 482 cm³/mol. The molecule has 36 N–H and O–H groups in total. The van der Waals surface area contributed by atoms with E-state index in [1.54, 1.807) is 30.3 Å². The number of unbranched alkanes of at least 4 members (excludes halogenated alkanes) is 1. The van der Waals surface area contributed by atoms with E-state index in [-0.39, 0.29) is 80.0 Å². The van der Waals surface area contributed by atoms with E-state index in [0.717, 1.165) is 6.92 Å². The molecule has 758 valence electrons. The maximum atomic E-state index is 14.8. The van der Waals surface area contributed by atoms with Crippen molar-refractivity contribution in [2.24, 2.45) is 34.6 Å². The summed E-state index contributed by atoms with van der Waals surface area (Å²) in [5, 5.41) is 105. The number of aliphatic hydroxyl groups is 1. The Morgan fingerprint density at radius 1 is 0.381 bits per heavy atom. The van der Waals surface area contributed by atoms with Crippen LogP contribution in [0, 0.1) is 11.3 Å². The lowest BCUT2D eigenvalue weighted by Gasteiger charge is -2.29. The third-order valence-corrected chi connectivity index (χ3v) is 20.8. The number of aliphatic hydroxyl groups excluding tert-OH is 1. The molecule has 2 aromatic carbocycles. The highest BCUT2D eigenvalue weighted by Gasteiger charge is 2.40. The summed E-state index contributed by atoms with van der Waals surface area (Å²) in [6.07, 6.45) is 0.0505. The minimum atomic E-state index is -2.19. The summed E-state index contributed by atoms with van der Waals surface area (Å²) in [5.74, 6) is -27.0. The Labute approximate surface area is 792 Å². The lowest BCUT2D eigenvalue weighted by atomic mass is 10.00. The summed E-state index contributed by atoms with van der Waals surface area (Å²) in [4.78, 5) is 306. The van der Waals surface area contributed by atoms with E-state index in [1.165, 1.54) is 75.7 Å². The molecule has 0 aliphatic rings. The van der Waals surface area contributed by atoms with Gasteiger partial charge in [-0.25, -0.2) is 19.7 Å². The molecule has 5 aromatic rings. The van der Waals surface area contributed by atoms with E-state index in [4.69, 9.17) is 39.2 Å². The molecule has 0 aliphatic heterocycles. The number of rotatable bonds is 64.